The van der Waals surface area contributed by atoms with Crippen LogP contribution in [0.3, 0.4) is 0 Å². The Morgan fingerprint density at radius 2 is 1.95 bits per heavy atom. The van der Waals surface area contributed by atoms with Crippen molar-refractivity contribution in [2.45, 2.75) is 19.0 Å². The summed E-state index contributed by atoms with van der Waals surface area (Å²) in [6.07, 6.45) is 0.451. The van der Waals surface area contributed by atoms with E-state index in [4.69, 9.17) is 0 Å². The standard InChI is InChI=1S/C14H18N2O3/c1-15(2)13(17)9-16-8-11-6-4-3-5-10(11)7-12(16)14(18)19/h3-6,12H,7-9H2,1-2H3,(H,18,19)/t12-/m0/s1. The number of carbonyl (C=O) groups excluding carboxylic acids is 1. The molecule has 5 heteroatoms. The Hall–Kier alpha value is -1.88. The maximum Gasteiger partial charge on any atom is 0.321 e. The van der Waals surface area contributed by atoms with Gasteiger partial charge in [-0.2, -0.15) is 0 Å². The lowest BCUT2D eigenvalue weighted by Crippen LogP contribution is -2.49. The first-order valence-electron chi connectivity index (χ1n) is 6.23. The summed E-state index contributed by atoms with van der Waals surface area (Å²) in [5.74, 6) is -0.952. The Labute approximate surface area is 112 Å². The van der Waals surface area contributed by atoms with Gasteiger partial charge in [-0.3, -0.25) is 14.5 Å². The summed E-state index contributed by atoms with van der Waals surface area (Å²) in [5.41, 5.74) is 2.16. The molecule has 0 aromatic heterocycles. The lowest BCUT2D eigenvalue weighted by Gasteiger charge is -2.34. The molecule has 0 unspecified atom stereocenters. The monoisotopic (exact) mass is 262 g/mol. The van der Waals surface area contributed by atoms with Crippen LogP contribution in [0.1, 0.15) is 11.1 Å². The largest absolute Gasteiger partial charge is 0.480 e. The van der Waals surface area contributed by atoms with Crippen molar-refractivity contribution >= 4 is 11.9 Å². The molecule has 0 saturated carbocycles. The van der Waals surface area contributed by atoms with Crippen molar-refractivity contribution in [1.82, 2.24) is 9.80 Å². The first kappa shape index (κ1) is 13.5. The van der Waals surface area contributed by atoms with Crippen molar-refractivity contribution in [3.63, 3.8) is 0 Å². The van der Waals surface area contributed by atoms with E-state index in [-0.39, 0.29) is 12.5 Å². The number of benzene rings is 1. The van der Waals surface area contributed by atoms with E-state index >= 15 is 0 Å². The molecule has 0 bridgehead atoms. The number of aliphatic carboxylic acids is 1. The number of rotatable bonds is 3. The van der Waals surface area contributed by atoms with Gasteiger partial charge in [0.1, 0.15) is 6.04 Å². The van der Waals surface area contributed by atoms with Crippen LogP contribution < -0.4 is 0 Å². The van der Waals surface area contributed by atoms with E-state index in [0.717, 1.165) is 11.1 Å². The number of fused-ring (bicyclic) bond motifs is 1. The third-order valence-corrected chi connectivity index (χ3v) is 3.47. The summed E-state index contributed by atoms with van der Waals surface area (Å²) in [6.45, 7) is 0.644. The number of hydrogen-bond donors (Lipinski definition) is 1. The topological polar surface area (TPSA) is 60.9 Å². The van der Waals surface area contributed by atoms with Gasteiger partial charge in [0, 0.05) is 20.6 Å². The van der Waals surface area contributed by atoms with Crippen LogP contribution in [0.5, 0.6) is 0 Å². The zero-order valence-electron chi connectivity index (χ0n) is 11.2. The van der Waals surface area contributed by atoms with Crippen LogP contribution in [0.15, 0.2) is 24.3 Å². The molecule has 102 valence electrons. The molecule has 0 spiro atoms. The van der Waals surface area contributed by atoms with E-state index in [1.54, 1.807) is 19.0 Å². The van der Waals surface area contributed by atoms with Crippen LogP contribution in [0.25, 0.3) is 0 Å². The number of nitrogens with zero attached hydrogens (tertiary/aromatic N) is 2. The van der Waals surface area contributed by atoms with Crippen molar-refractivity contribution < 1.29 is 14.7 Å². The van der Waals surface area contributed by atoms with E-state index in [9.17, 15) is 14.7 Å². The predicted molar refractivity (Wildman–Crippen MR) is 70.7 cm³/mol. The van der Waals surface area contributed by atoms with Crippen LogP contribution in [0.4, 0.5) is 0 Å². The van der Waals surface area contributed by atoms with Crippen LogP contribution in [0, 0.1) is 0 Å². The van der Waals surface area contributed by atoms with Crippen molar-refractivity contribution in [1.29, 1.82) is 0 Å². The molecule has 1 aromatic carbocycles. The zero-order chi connectivity index (χ0) is 14.0. The Balaban J connectivity index is 2.22. The fraction of sp³-hybridized carbons (Fsp3) is 0.429. The highest BCUT2D eigenvalue weighted by molar-refractivity contribution is 5.80. The number of carboxylic acid groups (broad SMARTS) is 1. The molecule has 19 heavy (non-hydrogen) atoms. The van der Waals surface area contributed by atoms with Gasteiger partial charge < -0.3 is 10.0 Å². The Morgan fingerprint density at radius 3 is 2.53 bits per heavy atom. The number of carbonyl (C=O) groups is 2. The van der Waals surface area contributed by atoms with E-state index in [1.807, 2.05) is 24.3 Å². The molecule has 1 amide bonds. The fourth-order valence-electron chi connectivity index (χ4n) is 2.30. The first-order valence-corrected chi connectivity index (χ1v) is 6.23. The third-order valence-electron chi connectivity index (χ3n) is 3.47. The summed E-state index contributed by atoms with van der Waals surface area (Å²) in [4.78, 5) is 26.4. The number of carboxylic acids is 1. The van der Waals surface area contributed by atoms with Gasteiger partial charge in [-0.15, -0.1) is 0 Å². The van der Waals surface area contributed by atoms with Gasteiger partial charge in [0.15, 0.2) is 0 Å². The first-order chi connectivity index (χ1) is 8.99. The van der Waals surface area contributed by atoms with E-state index in [2.05, 4.69) is 0 Å². The molecule has 1 aliphatic rings. The molecule has 0 fully saturated rings. The van der Waals surface area contributed by atoms with E-state index < -0.39 is 12.0 Å². The second kappa shape index (κ2) is 5.40. The SMILES string of the molecule is CN(C)C(=O)CN1Cc2ccccc2C[C@H]1C(=O)O. The fourth-order valence-corrected chi connectivity index (χ4v) is 2.30. The second-order valence-corrected chi connectivity index (χ2v) is 5.02. The summed E-state index contributed by atoms with van der Waals surface area (Å²) in [6, 6.07) is 7.17. The van der Waals surface area contributed by atoms with Crippen molar-refractivity contribution in [3.05, 3.63) is 35.4 Å². The van der Waals surface area contributed by atoms with Crippen molar-refractivity contribution in [3.8, 4) is 0 Å². The van der Waals surface area contributed by atoms with Crippen LogP contribution in [-0.4, -0.2) is 53.5 Å². The van der Waals surface area contributed by atoms with Gasteiger partial charge in [0.05, 0.1) is 6.54 Å². The average molecular weight is 262 g/mol. The van der Waals surface area contributed by atoms with Crippen LogP contribution >= 0.6 is 0 Å². The third kappa shape index (κ3) is 2.93. The smallest absolute Gasteiger partial charge is 0.321 e. The Bertz CT molecular complexity index is 499. The summed E-state index contributed by atoms with van der Waals surface area (Å²) >= 11 is 0. The van der Waals surface area contributed by atoms with Gasteiger partial charge in [0.25, 0.3) is 0 Å². The van der Waals surface area contributed by atoms with Crippen LogP contribution in [-0.2, 0) is 22.6 Å². The molecule has 1 aliphatic heterocycles. The minimum absolute atomic E-state index is 0.0781. The maximum absolute atomic E-state index is 11.8. The number of likely N-dealkylation sites (N-methyl/N-ethyl adjacent to an activating group) is 1. The molecule has 5 nitrogen and oxygen atoms in total. The Morgan fingerprint density at radius 1 is 1.32 bits per heavy atom. The summed E-state index contributed by atoms with van der Waals surface area (Å²) in [7, 11) is 3.35. The molecule has 1 atom stereocenters. The van der Waals surface area contributed by atoms with Gasteiger partial charge in [-0.1, -0.05) is 24.3 Å². The molecule has 0 saturated heterocycles. The van der Waals surface area contributed by atoms with Crippen molar-refractivity contribution in [2.75, 3.05) is 20.6 Å². The number of amides is 1. The highest BCUT2D eigenvalue weighted by atomic mass is 16.4. The van der Waals surface area contributed by atoms with E-state index in [1.165, 1.54) is 4.90 Å². The minimum Gasteiger partial charge on any atom is -0.480 e. The van der Waals surface area contributed by atoms with Gasteiger partial charge in [-0.05, 0) is 17.5 Å². The van der Waals surface area contributed by atoms with Gasteiger partial charge in [0.2, 0.25) is 5.91 Å². The maximum atomic E-state index is 11.8. The summed E-state index contributed by atoms with van der Waals surface area (Å²) < 4.78 is 0. The Kier molecular flexibility index (Phi) is 3.85. The van der Waals surface area contributed by atoms with Gasteiger partial charge >= 0.3 is 5.97 Å². The highest BCUT2D eigenvalue weighted by Gasteiger charge is 2.32. The number of hydrogen-bond acceptors (Lipinski definition) is 3. The second-order valence-electron chi connectivity index (χ2n) is 5.02. The van der Waals surface area contributed by atoms with Gasteiger partial charge in [-0.25, -0.2) is 0 Å². The van der Waals surface area contributed by atoms with Crippen LogP contribution in [0.2, 0.25) is 0 Å². The zero-order valence-corrected chi connectivity index (χ0v) is 11.2. The molecular weight excluding hydrogens is 244 g/mol. The molecule has 1 heterocycles. The molecule has 1 aromatic rings. The predicted octanol–water partition coefficient (Wildman–Crippen LogP) is 0.586. The lowest BCUT2D eigenvalue weighted by atomic mass is 9.94. The molecular formula is C14H18N2O3. The molecule has 0 radical (unpaired) electrons. The minimum atomic E-state index is -0.874. The molecule has 2 rings (SSSR count). The highest BCUT2D eigenvalue weighted by Crippen LogP contribution is 2.23. The average Bonchev–Trinajstić information content (AvgIpc) is 2.37. The lowest BCUT2D eigenvalue weighted by molar-refractivity contribution is -0.145. The summed E-state index contributed by atoms with van der Waals surface area (Å²) in [5, 5.41) is 9.32. The molecule has 1 N–H and O–H groups in total. The molecule has 0 aliphatic carbocycles. The normalized spacial score (nSPS) is 18.7. The quantitative estimate of drug-likeness (QED) is 0.866. The van der Waals surface area contributed by atoms with Crippen molar-refractivity contribution in [2.24, 2.45) is 0 Å². The van der Waals surface area contributed by atoms with E-state index in [0.29, 0.717) is 13.0 Å².